The first-order chi connectivity index (χ1) is 11.5. The maximum atomic E-state index is 2.39. The van der Waals surface area contributed by atoms with E-state index in [4.69, 9.17) is 0 Å². The van der Waals surface area contributed by atoms with Crippen molar-refractivity contribution in [2.24, 2.45) is 0 Å². The van der Waals surface area contributed by atoms with Crippen molar-refractivity contribution in [3.8, 4) is 11.1 Å². The zero-order valence-corrected chi connectivity index (χ0v) is 16.4. The van der Waals surface area contributed by atoms with Crippen molar-refractivity contribution >= 4 is 0 Å². The molecule has 0 fully saturated rings. The smallest absolute Gasteiger partial charge is 0.0143 e. The Hall–Kier alpha value is -1.56. The summed E-state index contributed by atoms with van der Waals surface area (Å²) in [5.74, 6) is 1.80. The maximum absolute atomic E-state index is 2.39. The molecule has 0 heteroatoms. The number of rotatable bonds is 7. The van der Waals surface area contributed by atoms with Crippen LogP contribution in [0.4, 0.5) is 0 Å². The van der Waals surface area contributed by atoms with Crippen LogP contribution in [0.25, 0.3) is 11.1 Å². The Balaban J connectivity index is 2.71. The van der Waals surface area contributed by atoms with E-state index in [2.05, 4.69) is 84.0 Å². The van der Waals surface area contributed by atoms with Gasteiger partial charge in [-0.1, -0.05) is 84.0 Å². The predicted octanol–water partition coefficient (Wildman–Crippen LogP) is 7.89. The summed E-state index contributed by atoms with van der Waals surface area (Å²) in [5.41, 5.74) is 7.50. The Morgan fingerprint density at radius 2 is 1.08 bits per heavy atom. The molecule has 0 aromatic heterocycles. The number of hydrogen-bond donors (Lipinski definition) is 0. The maximum Gasteiger partial charge on any atom is -0.0143 e. The summed E-state index contributed by atoms with van der Waals surface area (Å²) in [7, 11) is 0. The highest BCUT2D eigenvalue weighted by molar-refractivity contribution is 5.73. The third kappa shape index (κ3) is 3.74. The Morgan fingerprint density at radius 3 is 1.71 bits per heavy atom. The summed E-state index contributed by atoms with van der Waals surface area (Å²) >= 11 is 0. The van der Waals surface area contributed by atoms with Crippen LogP contribution in [0.1, 0.15) is 95.2 Å². The average Bonchev–Trinajstić information content (AvgIpc) is 2.65. The second kappa shape index (κ2) is 8.51. The van der Waals surface area contributed by atoms with Gasteiger partial charge in [-0.3, -0.25) is 0 Å². The monoisotopic (exact) mass is 322 g/mol. The topological polar surface area (TPSA) is 0 Å². The number of hydrogen-bond acceptors (Lipinski definition) is 0. The minimum Gasteiger partial charge on any atom is -0.0648 e. The highest BCUT2D eigenvalue weighted by atomic mass is 14.2. The molecule has 2 aromatic carbocycles. The summed E-state index contributed by atoms with van der Waals surface area (Å²) in [6, 6.07) is 16.0. The predicted molar refractivity (Wildman–Crippen MR) is 108 cm³/mol. The van der Waals surface area contributed by atoms with E-state index in [0.29, 0.717) is 17.8 Å². The second-order valence-electron chi connectivity index (χ2n) is 7.32. The lowest BCUT2D eigenvalue weighted by Gasteiger charge is -2.25. The van der Waals surface area contributed by atoms with Crippen molar-refractivity contribution in [2.75, 3.05) is 0 Å². The van der Waals surface area contributed by atoms with Gasteiger partial charge in [-0.15, -0.1) is 0 Å². The third-order valence-electron chi connectivity index (χ3n) is 5.78. The van der Waals surface area contributed by atoms with E-state index >= 15 is 0 Å². The van der Waals surface area contributed by atoms with Crippen LogP contribution < -0.4 is 0 Å². The molecule has 130 valence electrons. The van der Waals surface area contributed by atoms with Crippen molar-refractivity contribution in [1.82, 2.24) is 0 Å². The Bertz CT molecular complexity index is 653. The molecule has 3 unspecified atom stereocenters. The summed E-state index contributed by atoms with van der Waals surface area (Å²) in [6.07, 6.45) is 3.56. The van der Waals surface area contributed by atoms with Crippen LogP contribution in [0, 0.1) is 0 Å². The van der Waals surface area contributed by atoms with Crippen molar-refractivity contribution in [2.45, 2.75) is 78.6 Å². The fourth-order valence-electron chi connectivity index (χ4n) is 3.61. The van der Waals surface area contributed by atoms with Gasteiger partial charge in [0.05, 0.1) is 0 Å². The van der Waals surface area contributed by atoms with Gasteiger partial charge < -0.3 is 0 Å². The molecular formula is C24H34. The number of benzene rings is 2. The standard InChI is InChI=1S/C24H34/c1-7-17(4)20-13-10-11-14-22(20)23-16-12-15-21(18(5)8-2)24(23)19(6)9-3/h10-19H,7-9H2,1-6H3. The van der Waals surface area contributed by atoms with Gasteiger partial charge in [-0.25, -0.2) is 0 Å². The zero-order chi connectivity index (χ0) is 17.7. The van der Waals surface area contributed by atoms with E-state index in [1.54, 1.807) is 11.1 Å². The lowest BCUT2D eigenvalue weighted by molar-refractivity contribution is 0.677. The normalized spacial score (nSPS) is 15.1. The second-order valence-corrected chi connectivity index (χ2v) is 7.32. The minimum absolute atomic E-state index is 0.593. The van der Waals surface area contributed by atoms with Crippen LogP contribution in [0.2, 0.25) is 0 Å². The molecule has 0 N–H and O–H groups in total. The highest BCUT2D eigenvalue weighted by Crippen LogP contribution is 2.40. The first-order valence-corrected chi connectivity index (χ1v) is 9.77. The van der Waals surface area contributed by atoms with Crippen LogP contribution in [0.5, 0.6) is 0 Å². The Labute approximate surface area is 149 Å². The molecule has 0 amide bonds. The van der Waals surface area contributed by atoms with Crippen LogP contribution in [-0.2, 0) is 0 Å². The molecule has 2 aromatic rings. The lowest BCUT2D eigenvalue weighted by Crippen LogP contribution is -2.06. The molecule has 0 radical (unpaired) electrons. The molecule has 0 aliphatic heterocycles. The van der Waals surface area contributed by atoms with E-state index in [0.717, 1.165) is 0 Å². The Morgan fingerprint density at radius 1 is 0.583 bits per heavy atom. The van der Waals surface area contributed by atoms with Gasteiger partial charge in [0.2, 0.25) is 0 Å². The molecular weight excluding hydrogens is 288 g/mol. The van der Waals surface area contributed by atoms with Gasteiger partial charge in [0.1, 0.15) is 0 Å². The van der Waals surface area contributed by atoms with E-state index < -0.39 is 0 Å². The van der Waals surface area contributed by atoms with Crippen LogP contribution in [0.3, 0.4) is 0 Å². The largest absolute Gasteiger partial charge is 0.0648 e. The molecule has 0 spiro atoms. The summed E-state index contributed by atoms with van der Waals surface area (Å²) in [5, 5.41) is 0. The lowest BCUT2D eigenvalue weighted by atomic mass is 9.79. The zero-order valence-electron chi connectivity index (χ0n) is 16.4. The molecule has 0 heterocycles. The van der Waals surface area contributed by atoms with Crippen LogP contribution in [0.15, 0.2) is 42.5 Å². The van der Waals surface area contributed by atoms with E-state index in [1.807, 2.05) is 0 Å². The third-order valence-corrected chi connectivity index (χ3v) is 5.78. The molecule has 24 heavy (non-hydrogen) atoms. The first kappa shape index (κ1) is 18.8. The molecule has 0 bridgehead atoms. The summed E-state index contributed by atoms with van der Waals surface area (Å²) in [6.45, 7) is 14.0. The van der Waals surface area contributed by atoms with Gasteiger partial charge in [0, 0.05) is 0 Å². The molecule has 2 rings (SSSR count). The van der Waals surface area contributed by atoms with Crippen molar-refractivity contribution in [3.63, 3.8) is 0 Å². The van der Waals surface area contributed by atoms with Crippen molar-refractivity contribution < 1.29 is 0 Å². The van der Waals surface area contributed by atoms with E-state index in [-0.39, 0.29) is 0 Å². The Kier molecular flexibility index (Phi) is 6.66. The van der Waals surface area contributed by atoms with Gasteiger partial charge >= 0.3 is 0 Å². The molecule has 0 aliphatic carbocycles. The molecule has 0 aliphatic rings. The van der Waals surface area contributed by atoms with Gasteiger partial charge in [0.25, 0.3) is 0 Å². The van der Waals surface area contributed by atoms with Crippen molar-refractivity contribution in [1.29, 1.82) is 0 Å². The van der Waals surface area contributed by atoms with Gasteiger partial charge in [-0.05, 0) is 64.8 Å². The van der Waals surface area contributed by atoms with Crippen LogP contribution in [-0.4, -0.2) is 0 Å². The molecule has 0 nitrogen and oxygen atoms in total. The van der Waals surface area contributed by atoms with E-state index in [9.17, 15) is 0 Å². The fraction of sp³-hybridized carbons (Fsp3) is 0.500. The SMILES string of the molecule is CCC(C)c1ccccc1-c1cccc(C(C)CC)c1C(C)CC. The highest BCUT2D eigenvalue weighted by Gasteiger charge is 2.20. The van der Waals surface area contributed by atoms with Gasteiger partial charge in [0.15, 0.2) is 0 Å². The molecule has 0 saturated carbocycles. The summed E-state index contributed by atoms with van der Waals surface area (Å²) < 4.78 is 0. The fourth-order valence-corrected chi connectivity index (χ4v) is 3.61. The molecule has 3 atom stereocenters. The average molecular weight is 323 g/mol. The minimum atomic E-state index is 0.593. The van der Waals surface area contributed by atoms with Gasteiger partial charge in [-0.2, -0.15) is 0 Å². The van der Waals surface area contributed by atoms with E-state index in [1.165, 1.54) is 36.0 Å². The first-order valence-electron chi connectivity index (χ1n) is 9.77. The van der Waals surface area contributed by atoms with Crippen LogP contribution >= 0.6 is 0 Å². The van der Waals surface area contributed by atoms with Crippen molar-refractivity contribution in [3.05, 3.63) is 59.2 Å². The molecule has 0 saturated heterocycles. The summed E-state index contributed by atoms with van der Waals surface area (Å²) in [4.78, 5) is 0. The quantitative estimate of drug-likeness (QED) is 0.486.